The fourth-order valence-corrected chi connectivity index (χ4v) is 1.34. The van der Waals surface area contributed by atoms with Gasteiger partial charge in [-0.3, -0.25) is 0 Å². The molecule has 0 bridgehead atoms. The van der Waals surface area contributed by atoms with Gasteiger partial charge in [-0.25, -0.2) is 0 Å². The number of hydrogen-bond donors (Lipinski definition) is 1. The summed E-state index contributed by atoms with van der Waals surface area (Å²) in [6.07, 6.45) is 7.14. The van der Waals surface area contributed by atoms with Gasteiger partial charge in [-0.05, 0) is 37.0 Å². The molecule has 0 radical (unpaired) electrons. The quantitative estimate of drug-likeness (QED) is 0.725. The summed E-state index contributed by atoms with van der Waals surface area (Å²) in [6, 6.07) is 7.96. The van der Waals surface area contributed by atoms with Gasteiger partial charge in [0.25, 0.3) is 0 Å². The first-order valence-corrected chi connectivity index (χ1v) is 5.28. The van der Waals surface area contributed by atoms with Crippen LogP contribution in [-0.2, 0) is 0 Å². The number of benzene rings is 1. The largest absolute Gasteiger partial charge is 0.497 e. The van der Waals surface area contributed by atoms with Crippen LogP contribution in [0, 0.1) is 0 Å². The Hall–Kier alpha value is -1.28. The van der Waals surface area contributed by atoms with Crippen molar-refractivity contribution in [2.45, 2.75) is 19.3 Å². The topological polar surface area (TPSA) is 29.5 Å². The van der Waals surface area contributed by atoms with Crippen LogP contribution in [0.4, 0.5) is 0 Å². The Morgan fingerprint density at radius 1 is 1.33 bits per heavy atom. The monoisotopic (exact) mass is 206 g/mol. The van der Waals surface area contributed by atoms with Crippen LogP contribution in [0.1, 0.15) is 24.8 Å². The lowest BCUT2D eigenvalue weighted by Gasteiger charge is -1.99. The van der Waals surface area contributed by atoms with Crippen LogP contribution in [0.3, 0.4) is 0 Å². The highest BCUT2D eigenvalue weighted by Gasteiger charge is 1.90. The standard InChI is InChI=1S/C13H18O2/c1-15-13-9-6-8-12(11-13)7-4-2-3-5-10-14/h4,6-9,11,14H,2-3,5,10H2,1H3/b7-4+. The summed E-state index contributed by atoms with van der Waals surface area (Å²) >= 11 is 0. The molecular weight excluding hydrogens is 188 g/mol. The van der Waals surface area contributed by atoms with Crippen LogP contribution in [-0.4, -0.2) is 18.8 Å². The number of hydrogen-bond acceptors (Lipinski definition) is 2. The highest BCUT2D eigenvalue weighted by molar-refractivity contribution is 5.51. The predicted molar refractivity (Wildman–Crippen MR) is 63.0 cm³/mol. The molecule has 2 heteroatoms. The number of ether oxygens (including phenoxy) is 1. The molecule has 1 aromatic carbocycles. The van der Waals surface area contributed by atoms with Gasteiger partial charge in [0.1, 0.15) is 5.75 Å². The molecule has 0 heterocycles. The van der Waals surface area contributed by atoms with Crippen LogP contribution < -0.4 is 4.74 Å². The van der Waals surface area contributed by atoms with Crippen molar-refractivity contribution in [3.63, 3.8) is 0 Å². The second-order valence-electron chi connectivity index (χ2n) is 3.40. The summed E-state index contributed by atoms with van der Waals surface area (Å²) in [6.45, 7) is 0.285. The molecule has 1 aromatic rings. The number of methoxy groups -OCH3 is 1. The molecule has 0 aliphatic heterocycles. The molecule has 1 rings (SSSR count). The molecule has 82 valence electrons. The predicted octanol–water partition coefficient (Wildman–Crippen LogP) is 2.87. The lowest BCUT2D eigenvalue weighted by atomic mass is 10.1. The van der Waals surface area contributed by atoms with E-state index in [-0.39, 0.29) is 6.61 Å². The van der Waals surface area contributed by atoms with Gasteiger partial charge >= 0.3 is 0 Å². The van der Waals surface area contributed by atoms with Crippen LogP contribution >= 0.6 is 0 Å². The molecular formula is C13H18O2. The van der Waals surface area contributed by atoms with E-state index in [1.807, 2.05) is 24.3 Å². The Bertz CT molecular complexity index is 305. The SMILES string of the molecule is COc1cccc(/C=C/CCCCO)c1. The number of aliphatic hydroxyl groups excluding tert-OH is 1. The van der Waals surface area contributed by atoms with E-state index in [0.717, 1.165) is 30.6 Å². The third-order valence-corrected chi connectivity index (χ3v) is 2.18. The molecule has 0 atom stereocenters. The Balaban J connectivity index is 2.41. The van der Waals surface area contributed by atoms with Gasteiger partial charge in [0.05, 0.1) is 7.11 Å². The van der Waals surface area contributed by atoms with Crippen molar-refractivity contribution in [3.8, 4) is 5.75 Å². The summed E-state index contributed by atoms with van der Waals surface area (Å²) in [5.74, 6) is 0.882. The van der Waals surface area contributed by atoms with E-state index in [1.54, 1.807) is 7.11 Å². The second kappa shape index (κ2) is 7.07. The zero-order chi connectivity index (χ0) is 10.9. The number of allylic oxidation sites excluding steroid dienone is 1. The zero-order valence-electron chi connectivity index (χ0n) is 9.15. The molecule has 15 heavy (non-hydrogen) atoms. The molecule has 0 saturated carbocycles. The van der Waals surface area contributed by atoms with E-state index in [9.17, 15) is 0 Å². The van der Waals surface area contributed by atoms with Crippen molar-refractivity contribution in [3.05, 3.63) is 35.9 Å². The van der Waals surface area contributed by atoms with Gasteiger partial charge < -0.3 is 9.84 Å². The smallest absolute Gasteiger partial charge is 0.119 e. The maximum absolute atomic E-state index is 8.61. The fraction of sp³-hybridized carbons (Fsp3) is 0.385. The molecule has 0 aromatic heterocycles. The van der Waals surface area contributed by atoms with Crippen LogP contribution in [0.25, 0.3) is 6.08 Å². The third-order valence-electron chi connectivity index (χ3n) is 2.18. The number of rotatable bonds is 6. The van der Waals surface area contributed by atoms with Gasteiger partial charge in [0.15, 0.2) is 0 Å². The van der Waals surface area contributed by atoms with E-state index in [1.165, 1.54) is 0 Å². The van der Waals surface area contributed by atoms with E-state index in [4.69, 9.17) is 9.84 Å². The maximum Gasteiger partial charge on any atom is 0.119 e. The van der Waals surface area contributed by atoms with Gasteiger partial charge in [-0.2, -0.15) is 0 Å². The van der Waals surface area contributed by atoms with Crippen molar-refractivity contribution < 1.29 is 9.84 Å². The minimum absolute atomic E-state index is 0.285. The molecule has 0 unspecified atom stereocenters. The average Bonchev–Trinajstić information content (AvgIpc) is 2.29. The van der Waals surface area contributed by atoms with Crippen molar-refractivity contribution in [1.29, 1.82) is 0 Å². The molecule has 0 saturated heterocycles. The second-order valence-corrected chi connectivity index (χ2v) is 3.40. The first-order chi connectivity index (χ1) is 7.36. The number of aliphatic hydroxyl groups is 1. The van der Waals surface area contributed by atoms with Crippen LogP contribution in [0.5, 0.6) is 5.75 Å². The fourth-order valence-electron chi connectivity index (χ4n) is 1.34. The summed E-state index contributed by atoms with van der Waals surface area (Å²) in [5.41, 5.74) is 1.15. The molecule has 1 N–H and O–H groups in total. The number of unbranched alkanes of at least 4 members (excludes halogenated alkanes) is 2. The molecule has 0 fully saturated rings. The van der Waals surface area contributed by atoms with E-state index >= 15 is 0 Å². The van der Waals surface area contributed by atoms with Gasteiger partial charge in [-0.1, -0.05) is 24.3 Å². The van der Waals surface area contributed by atoms with Gasteiger partial charge in [-0.15, -0.1) is 0 Å². The Kier molecular flexibility index (Phi) is 5.56. The van der Waals surface area contributed by atoms with Gasteiger partial charge in [0, 0.05) is 6.61 Å². The summed E-state index contributed by atoms with van der Waals surface area (Å²) < 4.78 is 5.13. The van der Waals surface area contributed by atoms with Crippen molar-refractivity contribution in [2.24, 2.45) is 0 Å². The minimum atomic E-state index is 0.285. The Morgan fingerprint density at radius 3 is 2.93 bits per heavy atom. The summed E-state index contributed by atoms with van der Waals surface area (Å²) in [4.78, 5) is 0. The summed E-state index contributed by atoms with van der Waals surface area (Å²) in [7, 11) is 1.67. The lowest BCUT2D eigenvalue weighted by molar-refractivity contribution is 0.285. The summed E-state index contributed by atoms with van der Waals surface area (Å²) in [5, 5.41) is 8.61. The normalized spacial score (nSPS) is 10.8. The Labute approximate surface area is 91.2 Å². The third kappa shape index (κ3) is 4.66. The van der Waals surface area contributed by atoms with Crippen molar-refractivity contribution >= 4 is 6.08 Å². The van der Waals surface area contributed by atoms with Crippen molar-refractivity contribution in [1.82, 2.24) is 0 Å². The van der Waals surface area contributed by atoms with E-state index in [0.29, 0.717) is 0 Å². The molecule has 2 nitrogen and oxygen atoms in total. The van der Waals surface area contributed by atoms with Crippen LogP contribution in [0.15, 0.2) is 30.3 Å². The average molecular weight is 206 g/mol. The van der Waals surface area contributed by atoms with E-state index < -0.39 is 0 Å². The first kappa shape index (κ1) is 11.8. The molecule has 0 spiro atoms. The highest BCUT2D eigenvalue weighted by Crippen LogP contribution is 2.14. The van der Waals surface area contributed by atoms with Crippen LogP contribution in [0.2, 0.25) is 0 Å². The maximum atomic E-state index is 8.61. The zero-order valence-corrected chi connectivity index (χ0v) is 9.15. The highest BCUT2D eigenvalue weighted by atomic mass is 16.5. The Morgan fingerprint density at radius 2 is 2.20 bits per heavy atom. The molecule has 0 aliphatic carbocycles. The first-order valence-electron chi connectivity index (χ1n) is 5.28. The minimum Gasteiger partial charge on any atom is -0.497 e. The molecule has 0 amide bonds. The molecule has 0 aliphatic rings. The van der Waals surface area contributed by atoms with E-state index in [2.05, 4.69) is 12.2 Å². The van der Waals surface area contributed by atoms with Gasteiger partial charge in [0.2, 0.25) is 0 Å². The lowest BCUT2D eigenvalue weighted by Crippen LogP contribution is -1.82. The van der Waals surface area contributed by atoms with Crippen molar-refractivity contribution in [2.75, 3.05) is 13.7 Å².